The van der Waals surface area contributed by atoms with Gasteiger partial charge in [-0.15, -0.1) is 0 Å². The van der Waals surface area contributed by atoms with Gasteiger partial charge in [0.25, 0.3) is 0 Å². The fourth-order valence-electron chi connectivity index (χ4n) is 2.40. The van der Waals surface area contributed by atoms with Crippen LogP contribution in [-0.4, -0.2) is 17.3 Å². The van der Waals surface area contributed by atoms with E-state index in [0.29, 0.717) is 22.6 Å². The Kier molecular flexibility index (Phi) is 3.85. The van der Waals surface area contributed by atoms with Crippen molar-refractivity contribution in [1.29, 1.82) is 0 Å². The number of ether oxygens (including phenoxy) is 3. The van der Waals surface area contributed by atoms with Gasteiger partial charge in [0.05, 0.1) is 6.61 Å². The number of carbonyl (C=O) groups excluding carboxylic acids is 1. The Morgan fingerprint density at radius 2 is 2.23 bits per heavy atom. The summed E-state index contributed by atoms with van der Waals surface area (Å²) >= 11 is 0. The molecule has 116 valence electrons. The highest BCUT2D eigenvalue weighted by molar-refractivity contribution is 5.87. The first-order valence-corrected chi connectivity index (χ1v) is 6.87. The molecule has 2 heterocycles. The van der Waals surface area contributed by atoms with Gasteiger partial charge in [-0.1, -0.05) is 0 Å². The van der Waals surface area contributed by atoms with Crippen molar-refractivity contribution in [2.24, 2.45) is 7.05 Å². The average Bonchev–Trinajstić information content (AvgIpc) is 2.84. The standard InChI is InChI=1S/C16H16FNO4/c1-10-3-4-14(18(10)2)16(19)21-8-12-6-13(17)5-11-7-20-9-22-15(11)12/h3-6H,7-9H2,1-2H3. The quantitative estimate of drug-likeness (QED) is 0.818. The smallest absolute Gasteiger partial charge is 0.355 e. The number of hydrogen-bond donors (Lipinski definition) is 0. The molecular weight excluding hydrogens is 289 g/mol. The Bertz CT molecular complexity index is 723. The van der Waals surface area contributed by atoms with Gasteiger partial charge in [-0.3, -0.25) is 0 Å². The summed E-state index contributed by atoms with van der Waals surface area (Å²) < 4.78 is 31.1. The van der Waals surface area contributed by atoms with E-state index in [1.54, 1.807) is 17.7 Å². The maximum Gasteiger partial charge on any atom is 0.355 e. The minimum absolute atomic E-state index is 0.0524. The van der Waals surface area contributed by atoms with Gasteiger partial charge in [0.2, 0.25) is 0 Å². The van der Waals surface area contributed by atoms with Crippen LogP contribution in [0.2, 0.25) is 0 Å². The summed E-state index contributed by atoms with van der Waals surface area (Å²) in [4.78, 5) is 12.1. The third-order valence-electron chi connectivity index (χ3n) is 3.69. The average molecular weight is 305 g/mol. The number of hydrogen-bond acceptors (Lipinski definition) is 4. The molecule has 22 heavy (non-hydrogen) atoms. The maximum atomic E-state index is 13.6. The molecule has 0 saturated heterocycles. The minimum atomic E-state index is -0.458. The predicted octanol–water partition coefficient (Wildman–Crippen LogP) is 2.70. The molecule has 0 atom stereocenters. The van der Waals surface area contributed by atoms with E-state index in [2.05, 4.69) is 0 Å². The number of aromatic nitrogens is 1. The summed E-state index contributed by atoms with van der Waals surface area (Å²) in [7, 11) is 1.79. The topological polar surface area (TPSA) is 49.7 Å². The molecule has 3 rings (SSSR count). The first-order valence-electron chi connectivity index (χ1n) is 6.87. The Hall–Kier alpha value is -2.34. The lowest BCUT2D eigenvalue weighted by molar-refractivity contribution is -0.0183. The maximum absolute atomic E-state index is 13.6. The molecule has 2 aromatic rings. The SMILES string of the molecule is Cc1ccc(C(=O)OCc2cc(F)cc3c2OCOC3)n1C. The number of fused-ring (bicyclic) bond motifs is 1. The zero-order valence-corrected chi connectivity index (χ0v) is 12.4. The third kappa shape index (κ3) is 2.69. The van der Waals surface area contributed by atoms with Gasteiger partial charge in [-0.25, -0.2) is 9.18 Å². The van der Waals surface area contributed by atoms with Gasteiger partial charge in [0.1, 0.15) is 23.9 Å². The number of nitrogens with zero attached hydrogens (tertiary/aromatic N) is 1. The van der Waals surface area contributed by atoms with Crippen LogP contribution in [0.3, 0.4) is 0 Å². The van der Waals surface area contributed by atoms with E-state index in [0.717, 1.165) is 5.69 Å². The lowest BCUT2D eigenvalue weighted by atomic mass is 10.1. The zero-order chi connectivity index (χ0) is 15.7. The van der Waals surface area contributed by atoms with Crippen LogP contribution in [-0.2, 0) is 29.7 Å². The Morgan fingerprint density at radius 3 is 2.95 bits per heavy atom. The Labute approximate surface area is 127 Å². The normalized spacial score (nSPS) is 13.4. The molecular formula is C16H16FNO4. The molecule has 0 amide bonds. The van der Waals surface area contributed by atoms with Crippen LogP contribution < -0.4 is 4.74 Å². The molecule has 0 fully saturated rings. The highest BCUT2D eigenvalue weighted by atomic mass is 19.1. The van der Waals surface area contributed by atoms with Crippen molar-refractivity contribution in [2.45, 2.75) is 20.1 Å². The van der Waals surface area contributed by atoms with E-state index in [1.165, 1.54) is 12.1 Å². The number of carbonyl (C=O) groups is 1. The fraction of sp³-hybridized carbons (Fsp3) is 0.312. The molecule has 0 bridgehead atoms. The lowest BCUT2D eigenvalue weighted by Crippen LogP contribution is -2.15. The first-order chi connectivity index (χ1) is 10.6. The molecule has 1 aliphatic rings. The van der Waals surface area contributed by atoms with Crippen molar-refractivity contribution in [1.82, 2.24) is 4.57 Å². The van der Waals surface area contributed by atoms with Crippen LogP contribution in [0.4, 0.5) is 4.39 Å². The Balaban J connectivity index is 1.78. The highest BCUT2D eigenvalue weighted by Gasteiger charge is 2.19. The molecule has 1 aromatic heterocycles. The first kappa shape index (κ1) is 14.6. The van der Waals surface area contributed by atoms with Gasteiger partial charge in [0.15, 0.2) is 6.79 Å². The van der Waals surface area contributed by atoms with Crippen LogP contribution in [0.1, 0.15) is 27.3 Å². The van der Waals surface area contributed by atoms with Crippen molar-refractivity contribution in [3.8, 4) is 5.75 Å². The highest BCUT2D eigenvalue weighted by Crippen LogP contribution is 2.30. The Morgan fingerprint density at radius 1 is 1.41 bits per heavy atom. The van der Waals surface area contributed by atoms with Gasteiger partial charge in [-0.2, -0.15) is 0 Å². The number of halogens is 1. The second-order valence-electron chi connectivity index (χ2n) is 5.16. The second-order valence-corrected chi connectivity index (χ2v) is 5.16. The molecule has 0 saturated carbocycles. The van der Waals surface area contributed by atoms with E-state index in [-0.39, 0.29) is 20.0 Å². The van der Waals surface area contributed by atoms with Crippen LogP contribution >= 0.6 is 0 Å². The van der Waals surface area contributed by atoms with Crippen molar-refractivity contribution in [3.63, 3.8) is 0 Å². The van der Waals surface area contributed by atoms with Gasteiger partial charge >= 0.3 is 5.97 Å². The van der Waals surface area contributed by atoms with E-state index in [1.807, 2.05) is 13.0 Å². The lowest BCUT2D eigenvalue weighted by Gasteiger charge is -2.20. The summed E-state index contributed by atoms with van der Waals surface area (Å²) in [6.07, 6.45) is 0. The van der Waals surface area contributed by atoms with Gasteiger partial charge < -0.3 is 18.8 Å². The van der Waals surface area contributed by atoms with E-state index >= 15 is 0 Å². The summed E-state index contributed by atoms with van der Waals surface area (Å²) in [6, 6.07) is 6.21. The second kappa shape index (κ2) is 5.81. The molecule has 0 spiro atoms. The number of rotatable bonds is 3. The van der Waals surface area contributed by atoms with Crippen molar-refractivity contribution in [2.75, 3.05) is 6.79 Å². The van der Waals surface area contributed by atoms with Crippen LogP contribution in [0.15, 0.2) is 24.3 Å². The molecule has 0 radical (unpaired) electrons. The summed E-state index contributed by atoms with van der Waals surface area (Å²) in [5, 5.41) is 0. The minimum Gasteiger partial charge on any atom is -0.467 e. The van der Waals surface area contributed by atoms with Crippen molar-refractivity contribution >= 4 is 5.97 Å². The largest absolute Gasteiger partial charge is 0.467 e. The molecule has 5 nitrogen and oxygen atoms in total. The molecule has 0 aliphatic carbocycles. The molecule has 0 N–H and O–H groups in total. The fourth-order valence-corrected chi connectivity index (χ4v) is 2.40. The third-order valence-corrected chi connectivity index (χ3v) is 3.69. The van der Waals surface area contributed by atoms with Gasteiger partial charge in [-0.05, 0) is 31.2 Å². The van der Waals surface area contributed by atoms with E-state index < -0.39 is 11.8 Å². The molecule has 0 unspecified atom stereocenters. The summed E-state index contributed by atoms with van der Waals surface area (Å²) in [5.74, 6) is -0.335. The zero-order valence-electron chi connectivity index (χ0n) is 12.4. The molecule has 1 aromatic carbocycles. The van der Waals surface area contributed by atoms with Crippen molar-refractivity contribution in [3.05, 3.63) is 52.6 Å². The number of esters is 1. The van der Waals surface area contributed by atoms with Gasteiger partial charge in [0, 0.05) is 23.9 Å². The summed E-state index contributed by atoms with van der Waals surface area (Å²) in [5.41, 5.74) is 2.52. The van der Waals surface area contributed by atoms with Crippen LogP contribution in [0, 0.1) is 12.7 Å². The van der Waals surface area contributed by atoms with Crippen LogP contribution in [0.25, 0.3) is 0 Å². The van der Waals surface area contributed by atoms with Crippen molar-refractivity contribution < 1.29 is 23.4 Å². The predicted molar refractivity (Wildman–Crippen MR) is 76.0 cm³/mol. The number of aryl methyl sites for hydroxylation is 1. The van der Waals surface area contributed by atoms with Crippen LogP contribution in [0.5, 0.6) is 5.75 Å². The summed E-state index contributed by atoms with van der Waals surface area (Å²) in [6.45, 7) is 2.23. The number of benzene rings is 1. The monoisotopic (exact) mass is 305 g/mol. The molecule has 1 aliphatic heterocycles. The van der Waals surface area contributed by atoms with E-state index in [9.17, 15) is 9.18 Å². The molecule has 6 heteroatoms. The van der Waals surface area contributed by atoms with E-state index in [4.69, 9.17) is 14.2 Å².